The zero-order valence-corrected chi connectivity index (χ0v) is 20.8. The van der Waals surface area contributed by atoms with Crippen LogP contribution in [-0.2, 0) is 16.4 Å². The maximum Gasteiger partial charge on any atom is 0.275 e. The van der Waals surface area contributed by atoms with Crippen molar-refractivity contribution in [3.8, 4) is 22.4 Å². The Morgan fingerprint density at radius 2 is 1.60 bits per heavy atom. The van der Waals surface area contributed by atoms with Crippen molar-refractivity contribution >= 4 is 20.9 Å². The Kier molecular flexibility index (Phi) is 6.31. The van der Waals surface area contributed by atoms with Crippen molar-refractivity contribution in [1.29, 1.82) is 0 Å². The highest BCUT2D eigenvalue weighted by Gasteiger charge is 2.25. The predicted molar refractivity (Wildman–Crippen MR) is 143 cm³/mol. The monoisotopic (exact) mass is 483 g/mol. The van der Waals surface area contributed by atoms with Gasteiger partial charge >= 0.3 is 0 Å². The van der Waals surface area contributed by atoms with Crippen LogP contribution in [0.4, 0.5) is 0 Å². The summed E-state index contributed by atoms with van der Waals surface area (Å²) in [7, 11) is -3.79. The summed E-state index contributed by atoms with van der Waals surface area (Å²) in [5.74, 6) is 0. The SMILES string of the molecule is CCCCCc1c(-c2ccccc2)c2nc3ccccc3c-2cn1NS(=O)(=O)c1ccc(C)cc1. The van der Waals surface area contributed by atoms with E-state index in [4.69, 9.17) is 4.98 Å². The number of unbranched alkanes of at least 4 members (excludes halogenated alkanes) is 2. The molecule has 3 aromatic rings. The van der Waals surface area contributed by atoms with Crippen LogP contribution in [-0.4, -0.2) is 18.1 Å². The number of hydrogen-bond acceptors (Lipinski definition) is 3. The van der Waals surface area contributed by atoms with Crippen LogP contribution >= 0.6 is 0 Å². The molecule has 2 heterocycles. The van der Waals surface area contributed by atoms with Gasteiger partial charge in [-0.15, -0.1) is 0 Å². The van der Waals surface area contributed by atoms with Crippen LogP contribution in [0.25, 0.3) is 33.3 Å². The number of hydrogen-bond donors (Lipinski definition) is 1. The quantitative estimate of drug-likeness (QED) is 0.247. The van der Waals surface area contributed by atoms with E-state index in [9.17, 15) is 8.42 Å². The molecule has 0 aliphatic carbocycles. The van der Waals surface area contributed by atoms with E-state index in [1.807, 2.05) is 67.7 Å². The lowest BCUT2D eigenvalue weighted by Gasteiger charge is -2.22. The third-order valence-corrected chi connectivity index (χ3v) is 7.72. The number of nitrogens with one attached hydrogen (secondary N) is 1. The van der Waals surface area contributed by atoms with E-state index >= 15 is 0 Å². The van der Waals surface area contributed by atoms with Crippen molar-refractivity contribution in [3.63, 3.8) is 0 Å². The molecule has 1 N–H and O–H groups in total. The van der Waals surface area contributed by atoms with Gasteiger partial charge in [-0.1, -0.05) is 86.0 Å². The maximum atomic E-state index is 13.4. The number of fused-ring (bicyclic) bond motifs is 3. The number of aryl methyl sites for hydroxylation is 1. The van der Waals surface area contributed by atoms with E-state index in [2.05, 4.69) is 23.9 Å². The highest BCUT2D eigenvalue weighted by molar-refractivity contribution is 7.92. The molecule has 2 aliphatic rings. The first-order chi connectivity index (χ1) is 17.0. The van der Waals surface area contributed by atoms with Gasteiger partial charge in [0.05, 0.1) is 21.8 Å². The summed E-state index contributed by atoms with van der Waals surface area (Å²) in [6.07, 6.45) is 5.72. The fourth-order valence-electron chi connectivity index (χ4n) is 4.57. The topological polar surface area (TPSA) is 64.0 Å². The summed E-state index contributed by atoms with van der Waals surface area (Å²) in [6, 6.07) is 25.1. The van der Waals surface area contributed by atoms with Crippen molar-refractivity contribution in [3.05, 3.63) is 96.3 Å². The van der Waals surface area contributed by atoms with Gasteiger partial charge in [-0.25, -0.2) is 9.82 Å². The predicted octanol–water partition coefficient (Wildman–Crippen LogP) is 6.78. The van der Waals surface area contributed by atoms with Crippen molar-refractivity contribution in [2.24, 2.45) is 0 Å². The van der Waals surface area contributed by atoms with Gasteiger partial charge < -0.3 is 0 Å². The lowest BCUT2D eigenvalue weighted by molar-refractivity contribution is 0.593. The molecular weight excluding hydrogens is 454 g/mol. The normalized spacial score (nSPS) is 11.8. The molecule has 0 bridgehead atoms. The van der Waals surface area contributed by atoms with E-state index in [0.717, 1.165) is 70.2 Å². The Labute approximate surface area is 206 Å². The molecule has 0 radical (unpaired) electrons. The van der Waals surface area contributed by atoms with Crippen LogP contribution in [0.3, 0.4) is 0 Å². The number of benzene rings is 3. The maximum absolute atomic E-state index is 13.4. The van der Waals surface area contributed by atoms with E-state index in [0.29, 0.717) is 0 Å². The fraction of sp³-hybridized carbons (Fsp3) is 0.207. The summed E-state index contributed by atoms with van der Waals surface area (Å²) < 4.78 is 28.6. The summed E-state index contributed by atoms with van der Waals surface area (Å²) in [6.45, 7) is 4.11. The number of para-hydroxylation sites is 1. The summed E-state index contributed by atoms with van der Waals surface area (Å²) in [5, 5.41) is 1.00. The van der Waals surface area contributed by atoms with Crippen molar-refractivity contribution in [1.82, 2.24) is 9.66 Å². The molecule has 6 heteroatoms. The van der Waals surface area contributed by atoms with Crippen LogP contribution < -0.4 is 4.83 Å². The third kappa shape index (κ3) is 4.54. The minimum atomic E-state index is -3.79. The fourth-order valence-corrected chi connectivity index (χ4v) is 5.59. The number of nitrogens with zero attached hydrogens (tertiary/aromatic N) is 2. The standard InChI is InChI=1S/C29H29N3O2S/c1-3-4-6-15-27-28(22-11-7-5-8-12-22)29-25(24-13-9-10-14-26(24)30-29)20-32(27)31-35(33,34)23-18-16-21(2)17-19-23/h5,7-14,16-20,31H,3-4,6,15H2,1-2H3. The van der Waals surface area contributed by atoms with Crippen LogP contribution in [0.1, 0.15) is 37.4 Å². The number of pyridine rings is 1. The van der Waals surface area contributed by atoms with Gasteiger partial charge in [0.15, 0.2) is 0 Å². The Balaban J connectivity index is 1.76. The molecule has 0 atom stereocenters. The van der Waals surface area contributed by atoms with E-state index in [-0.39, 0.29) is 4.90 Å². The Hall–Kier alpha value is -3.64. The lowest BCUT2D eigenvalue weighted by atomic mass is 9.94. The minimum Gasteiger partial charge on any atom is -0.257 e. The Morgan fingerprint density at radius 3 is 2.34 bits per heavy atom. The summed E-state index contributed by atoms with van der Waals surface area (Å²) in [4.78, 5) is 8.10. The highest BCUT2D eigenvalue weighted by atomic mass is 32.2. The van der Waals surface area contributed by atoms with Crippen LogP contribution in [0.15, 0.2) is 90.0 Å². The molecule has 0 amide bonds. The molecule has 2 aliphatic heterocycles. The molecule has 5 nitrogen and oxygen atoms in total. The molecule has 5 rings (SSSR count). The first-order valence-corrected chi connectivity index (χ1v) is 13.5. The second-order valence-electron chi connectivity index (χ2n) is 8.94. The van der Waals surface area contributed by atoms with Gasteiger partial charge in [0.2, 0.25) is 0 Å². The zero-order chi connectivity index (χ0) is 24.4. The first-order valence-electron chi connectivity index (χ1n) is 12.1. The van der Waals surface area contributed by atoms with Crippen molar-refractivity contribution in [2.45, 2.75) is 44.4 Å². The molecular formula is C29H29N3O2S. The van der Waals surface area contributed by atoms with Crippen molar-refractivity contribution < 1.29 is 8.42 Å². The largest absolute Gasteiger partial charge is 0.275 e. The summed E-state index contributed by atoms with van der Waals surface area (Å²) >= 11 is 0. The third-order valence-electron chi connectivity index (χ3n) is 6.39. The molecule has 0 spiro atoms. The highest BCUT2D eigenvalue weighted by Crippen LogP contribution is 2.41. The van der Waals surface area contributed by atoms with Gasteiger partial charge in [-0.3, -0.25) is 4.68 Å². The number of aromatic nitrogens is 2. The molecule has 0 fully saturated rings. The van der Waals surface area contributed by atoms with Gasteiger partial charge in [0.1, 0.15) is 0 Å². The molecule has 3 aromatic carbocycles. The molecule has 0 saturated carbocycles. The Morgan fingerprint density at radius 1 is 0.886 bits per heavy atom. The first kappa shape index (κ1) is 23.1. The average molecular weight is 484 g/mol. The summed E-state index contributed by atoms with van der Waals surface area (Å²) in [5.41, 5.74) is 6.64. The second-order valence-corrected chi connectivity index (χ2v) is 10.6. The molecule has 178 valence electrons. The zero-order valence-electron chi connectivity index (χ0n) is 20.0. The molecule has 35 heavy (non-hydrogen) atoms. The van der Waals surface area contributed by atoms with Gasteiger partial charge in [-0.2, -0.15) is 8.42 Å². The van der Waals surface area contributed by atoms with Gasteiger partial charge in [-0.05, 0) is 43.5 Å². The van der Waals surface area contributed by atoms with Gasteiger partial charge in [0.25, 0.3) is 10.0 Å². The second kappa shape index (κ2) is 9.55. The molecule has 0 aromatic heterocycles. The van der Waals surface area contributed by atoms with Crippen LogP contribution in [0.5, 0.6) is 0 Å². The van der Waals surface area contributed by atoms with E-state index in [1.54, 1.807) is 16.8 Å². The Bertz CT molecular complexity index is 1540. The molecule has 0 unspecified atom stereocenters. The molecule has 0 saturated heterocycles. The lowest BCUT2D eigenvalue weighted by Crippen LogP contribution is -2.27. The van der Waals surface area contributed by atoms with Gasteiger partial charge in [0, 0.05) is 22.7 Å². The van der Waals surface area contributed by atoms with E-state index < -0.39 is 10.0 Å². The number of rotatable bonds is 8. The number of sulfonamides is 1. The van der Waals surface area contributed by atoms with Crippen LogP contribution in [0.2, 0.25) is 0 Å². The average Bonchev–Trinajstić information content (AvgIpc) is 3.23. The smallest absolute Gasteiger partial charge is 0.257 e. The van der Waals surface area contributed by atoms with Crippen LogP contribution in [0, 0.1) is 6.92 Å². The van der Waals surface area contributed by atoms with Crippen molar-refractivity contribution in [2.75, 3.05) is 4.83 Å². The minimum absolute atomic E-state index is 0.238. The van der Waals surface area contributed by atoms with E-state index in [1.165, 1.54) is 0 Å².